The van der Waals surface area contributed by atoms with Gasteiger partial charge in [0.2, 0.25) is 0 Å². The molecule has 0 atom stereocenters. The molecule has 0 aliphatic heterocycles. The summed E-state index contributed by atoms with van der Waals surface area (Å²) < 4.78 is 26.8. The van der Waals surface area contributed by atoms with E-state index in [0.717, 1.165) is 0 Å². The van der Waals surface area contributed by atoms with E-state index in [-0.39, 0.29) is 6.61 Å². The van der Waals surface area contributed by atoms with Crippen LogP contribution in [-0.4, -0.2) is 38.5 Å². The number of carbonyl (C=O) groups excluding carboxylic acids is 2. The van der Waals surface area contributed by atoms with E-state index in [1.807, 2.05) is 0 Å². The summed E-state index contributed by atoms with van der Waals surface area (Å²) in [6.07, 6.45) is 0. The molecular weight excluding hydrogens is 236 g/mol. The number of carboxylic acid groups (broad SMARTS) is 1. The van der Waals surface area contributed by atoms with Crippen LogP contribution in [-0.2, 0) is 24.2 Å². The highest BCUT2D eigenvalue weighted by Gasteiger charge is 2.23. The Labute approximate surface area is 94.5 Å². The SMILES string of the molecule is CC(C)(C)C(=O)OCCS(=O)(=O)CC(=O)[O-]. The minimum atomic E-state index is -3.76. The van der Waals surface area contributed by atoms with E-state index >= 15 is 0 Å². The van der Waals surface area contributed by atoms with Crippen molar-refractivity contribution in [2.75, 3.05) is 18.1 Å². The maximum atomic E-state index is 11.2. The predicted molar refractivity (Wildman–Crippen MR) is 54.1 cm³/mol. The zero-order valence-electron chi connectivity index (χ0n) is 9.48. The van der Waals surface area contributed by atoms with Crippen LogP contribution in [0, 0.1) is 5.41 Å². The topological polar surface area (TPSA) is 101 Å². The third-order valence-corrected chi connectivity index (χ3v) is 3.04. The first-order valence-electron chi connectivity index (χ1n) is 4.62. The third-order valence-electron chi connectivity index (χ3n) is 1.58. The van der Waals surface area contributed by atoms with E-state index in [1.54, 1.807) is 20.8 Å². The average molecular weight is 251 g/mol. The molecule has 0 aromatic heterocycles. The summed E-state index contributed by atoms with van der Waals surface area (Å²) >= 11 is 0. The van der Waals surface area contributed by atoms with Gasteiger partial charge in [0.1, 0.15) is 6.61 Å². The van der Waals surface area contributed by atoms with Crippen molar-refractivity contribution in [3.63, 3.8) is 0 Å². The van der Waals surface area contributed by atoms with Crippen molar-refractivity contribution in [1.82, 2.24) is 0 Å². The van der Waals surface area contributed by atoms with Gasteiger partial charge >= 0.3 is 5.97 Å². The molecule has 0 fully saturated rings. The highest BCUT2D eigenvalue weighted by atomic mass is 32.2. The molecule has 0 aliphatic carbocycles. The molecule has 0 saturated heterocycles. The molecule has 16 heavy (non-hydrogen) atoms. The van der Waals surface area contributed by atoms with Gasteiger partial charge < -0.3 is 14.6 Å². The molecule has 0 spiro atoms. The summed E-state index contributed by atoms with van der Waals surface area (Å²) in [4.78, 5) is 21.3. The molecule has 0 N–H and O–H groups in total. The van der Waals surface area contributed by atoms with E-state index in [1.165, 1.54) is 0 Å². The second-order valence-corrected chi connectivity index (χ2v) is 6.53. The van der Waals surface area contributed by atoms with Crippen LogP contribution in [0.5, 0.6) is 0 Å². The molecule has 7 heteroatoms. The van der Waals surface area contributed by atoms with E-state index in [2.05, 4.69) is 0 Å². The van der Waals surface area contributed by atoms with Crippen molar-refractivity contribution in [2.45, 2.75) is 20.8 Å². The van der Waals surface area contributed by atoms with Gasteiger partial charge in [-0.3, -0.25) is 4.79 Å². The fourth-order valence-electron chi connectivity index (χ4n) is 0.730. The zero-order chi connectivity index (χ0) is 13.0. The Bertz CT molecular complexity index is 362. The summed E-state index contributed by atoms with van der Waals surface area (Å²) in [6, 6.07) is 0. The minimum Gasteiger partial charge on any atom is -0.549 e. The lowest BCUT2D eigenvalue weighted by atomic mass is 9.97. The number of rotatable bonds is 5. The normalized spacial score (nSPS) is 12.2. The molecule has 0 bridgehead atoms. The van der Waals surface area contributed by atoms with Crippen molar-refractivity contribution >= 4 is 21.8 Å². The highest BCUT2D eigenvalue weighted by Crippen LogP contribution is 2.14. The smallest absolute Gasteiger partial charge is 0.311 e. The van der Waals surface area contributed by atoms with E-state index in [9.17, 15) is 23.1 Å². The van der Waals surface area contributed by atoms with Gasteiger partial charge in [-0.1, -0.05) is 0 Å². The monoisotopic (exact) mass is 251 g/mol. The Balaban J connectivity index is 4.10. The Morgan fingerprint density at radius 3 is 2.12 bits per heavy atom. The van der Waals surface area contributed by atoms with Gasteiger partial charge in [0.05, 0.1) is 22.9 Å². The first-order valence-corrected chi connectivity index (χ1v) is 6.44. The van der Waals surface area contributed by atoms with E-state index in [4.69, 9.17) is 4.74 Å². The summed E-state index contributed by atoms with van der Waals surface area (Å²) in [5, 5.41) is 10.1. The van der Waals surface area contributed by atoms with E-state index < -0.39 is 38.7 Å². The van der Waals surface area contributed by atoms with Crippen molar-refractivity contribution in [1.29, 1.82) is 0 Å². The number of sulfone groups is 1. The Kier molecular flexibility index (Phi) is 4.92. The highest BCUT2D eigenvalue weighted by molar-refractivity contribution is 7.92. The van der Waals surface area contributed by atoms with Gasteiger partial charge in [-0.05, 0) is 20.8 Å². The van der Waals surface area contributed by atoms with Gasteiger partial charge in [-0.15, -0.1) is 0 Å². The van der Waals surface area contributed by atoms with Crippen molar-refractivity contribution in [3.05, 3.63) is 0 Å². The van der Waals surface area contributed by atoms with Crippen molar-refractivity contribution in [2.24, 2.45) is 5.41 Å². The Hall–Kier alpha value is -1.11. The molecule has 0 aliphatic rings. The van der Waals surface area contributed by atoms with Crippen LogP contribution in [0.1, 0.15) is 20.8 Å². The van der Waals surface area contributed by atoms with Crippen molar-refractivity contribution in [3.8, 4) is 0 Å². The zero-order valence-corrected chi connectivity index (χ0v) is 10.3. The molecule has 0 saturated carbocycles. The molecule has 0 aromatic carbocycles. The first-order chi connectivity index (χ1) is 7.04. The molecule has 0 rings (SSSR count). The van der Waals surface area contributed by atoms with Crippen LogP contribution in [0.15, 0.2) is 0 Å². The van der Waals surface area contributed by atoms with Crippen LogP contribution in [0.25, 0.3) is 0 Å². The fraction of sp³-hybridized carbons (Fsp3) is 0.778. The molecule has 94 valence electrons. The molecule has 0 heterocycles. The second kappa shape index (κ2) is 5.29. The molecular formula is C9H15O6S-. The van der Waals surface area contributed by atoms with Gasteiger partial charge in [0.25, 0.3) is 0 Å². The molecule has 6 nitrogen and oxygen atoms in total. The molecule has 0 amide bonds. The number of esters is 1. The van der Waals surface area contributed by atoms with Gasteiger partial charge in [-0.2, -0.15) is 0 Å². The third kappa shape index (κ3) is 6.39. The van der Waals surface area contributed by atoms with Gasteiger partial charge in [0.15, 0.2) is 9.84 Å². The summed E-state index contributed by atoms with van der Waals surface area (Å²) in [5.41, 5.74) is -0.710. The van der Waals surface area contributed by atoms with Crippen molar-refractivity contribution < 1.29 is 27.9 Å². The van der Waals surface area contributed by atoms with E-state index in [0.29, 0.717) is 0 Å². The maximum absolute atomic E-state index is 11.2. The number of hydrogen-bond donors (Lipinski definition) is 0. The number of aliphatic carboxylic acids is 1. The van der Waals surface area contributed by atoms with Gasteiger partial charge in [0, 0.05) is 0 Å². The summed E-state index contributed by atoms with van der Waals surface area (Å²) in [7, 11) is -3.76. The van der Waals surface area contributed by atoms with Crippen LogP contribution < -0.4 is 5.11 Å². The fourth-order valence-corrected chi connectivity index (χ4v) is 1.57. The number of ether oxygens (including phenoxy) is 1. The lowest BCUT2D eigenvalue weighted by Gasteiger charge is -2.16. The molecule has 0 aromatic rings. The Morgan fingerprint density at radius 1 is 1.25 bits per heavy atom. The number of hydrogen-bond acceptors (Lipinski definition) is 6. The lowest BCUT2D eigenvalue weighted by molar-refractivity contribution is -0.301. The predicted octanol–water partition coefficient (Wildman–Crippen LogP) is -1.26. The van der Waals surface area contributed by atoms with Gasteiger partial charge in [-0.25, -0.2) is 8.42 Å². The summed E-state index contributed by atoms with van der Waals surface area (Å²) in [6.45, 7) is 4.55. The first kappa shape index (κ1) is 14.9. The minimum absolute atomic E-state index is 0.342. The summed E-state index contributed by atoms with van der Waals surface area (Å²) in [5.74, 6) is -3.76. The van der Waals surface area contributed by atoms with Crippen LogP contribution >= 0.6 is 0 Å². The number of carbonyl (C=O) groups is 2. The average Bonchev–Trinajstić information content (AvgIpc) is 1.98. The molecule has 0 radical (unpaired) electrons. The largest absolute Gasteiger partial charge is 0.549 e. The maximum Gasteiger partial charge on any atom is 0.311 e. The Morgan fingerprint density at radius 2 is 1.75 bits per heavy atom. The van der Waals surface area contributed by atoms with Crippen LogP contribution in [0.3, 0.4) is 0 Å². The van der Waals surface area contributed by atoms with Crippen LogP contribution in [0.4, 0.5) is 0 Å². The second-order valence-electron chi connectivity index (χ2n) is 4.35. The lowest BCUT2D eigenvalue weighted by Crippen LogP contribution is -2.33. The van der Waals surface area contributed by atoms with Crippen LogP contribution in [0.2, 0.25) is 0 Å². The number of carboxylic acids is 1. The quantitative estimate of drug-likeness (QED) is 0.565. The standard InChI is InChI=1S/C9H16O6S/c1-9(2,3)8(12)15-4-5-16(13,14)6-7(10)11/h4-6H2,1-3H3,(H,10,11)/p-1. The molecule has 0 unspecified atom stereocenters.